The number of hydrogen-bond donors (Lipinski definition) is 1. The predicted octanol–water partition coefficient (Wildman–Crippen LogP) is 2.37. The van der Waals surface area contributed by atoms with Gasteiger partial charge >= 0.3 is 0 Å². The van der Waals surface area contributed by atoms with Crippen molar-refractivity contribution in [1.29, 1.82) is 0 Å². The molecule has 0 saturated heterocycles. The molecular formula is C14H22N2OS. The summed E-state index contributed by atoms with van der Waals surface area (Å²) in [7, 11) is 1.86. The summed E-state index contributed by atoms with van der Waals surface area (Å²) in [4.78, 5) is 14.9. The minimum Gasteiger partial charge on any atom is -0.341 e. The van der Waals surface area contributed by atoms with Crippen molar-refractivity contribution in [2.24, 2.45) is 0 Å². The van der Waals surface area contributed by atoms with Crippen LogP contribution < -0.4 is 5.32 Å². The van der Waals surface area contributed by atoms with Crippen molar-refractivity contribution in [2.75, 3.05) is 26.4 Å². The first-order valence-corrected chi connectivity index (χ1v) is 7.47. The van der Waals surface area contributed by atoms with Gasteiger partial charge in [-0.3, -0.25) is 4.79 Å². The molecular weight excluding hydrogens is 244 g/mol. The second-order valence-electron chi connectivity index (χ2n) is 4.20. The molecule has 18 heavy (non-hydrogen) atoms. The van der Waals surface area contributed by atoms with Crippen LogP contribution in [-0.4, -0.2) is 37.2 Å². The van der Waals surface area contributed by atoms with Crippen molar-refractivity contribution in [1.82, 2.24) is 10.2 Å². The van der Waals surface area contributed by atoms with Gasteiger partial charge in [0, 0.05) is 31.5 Å². The SMILES string of the molecule is CCNCCC(=O)N(C)Cc1ccc(SC)cc1. The molecule has 0 radical (unpaired) electrons. The van der Waals surface area contributed by atoms with Crippen molar-refractivity contribution >= 4 is 17.7 Å². The van der Waals surface area contributed by atoms with Crippen LogP contribution in [0.5, 0.6) is 0 Å². The fourth-order valence-electron chi connectivity index (χ4n) is 1.66. The molecule has 4 heteroatoms. The fourth-order valence-corrected chi connectivity index (χ4v) is 2.06. The van der Waals surface area contributed by atoms with Crippen LogP contribution in [-0.2, 0) is 11.3 Å². The summed E-state index contributed by atoms with van der Waals surface area (Å²) < 4.78 is 0. The number of amides is 1. The summed E-state index contributed by atoms with van der Waals surface area (Å²) >= 11 is 1.73. The van der Waals surface area contributed by atoms with E-state index in [1.54, 1.807) is 16.7 Å². The molecule has 1 amide bonds. The number of hydrogen-bond acceptors (Lipinski definition) is 3. The zero-order valence-corrected chi connectivity index (χ0v) is 12.2. The van der Waals surface area contributed by atoms with Gasteiger partial charge in [-0.15, -0.1) is 11.8 Å². The molecule has 0 bridgehead atoms. The average Bonchev–Trinajstić information content (AvgIpc) is 2.39. The topological polar surface area (TPSA) is 32.3 Å². The number of carbonyl (C=O) groups excluding carboxylic acids is 1. The lowest BCUT2D eigenvalue weighted by molar-refractivity contribution is -0.130. The number of nitrogens with zero attached hydrogens (tertiary/aromatic N) is 1. The molecule has 0 aliphatic heterocycles. The van der Waals surface area contributed by atoms with Crippen LogP contribution in [0.25, 0.3) is 0 Å². The molecule has 0 unspecified atom stereocenters. The molecule has 0 spiro atoms. The summed E-state index contributed by atoms with van der Waals surface area (Å²) in [5.74, 6) is 0.185. The Morgan fingerprint density at radius 2 is 2.00 bits per heavy atom. The van der Waals surface area contributed by atoms with Gasteiger partial charge in [0.25, 0.3) is 0 Å². The normalized spacial score (nSPS) is 10.4. The number of benzene rings is 1. The Balaban J connectivity index is 2.42. The molecule has 0 saturated carbocycles. The monoisotopic (exact) mass is 266 g/mol. The van der Waals surface area contributed by atoms with Crippen molar-refractivity contribution in [3.63, 3.8) is 0 Å². The van der Waals surface area contributed by atoms with Gasteiger partial charge in [-0.25, -0.2) is 0 Å². The first-order valence-electron chi connectivity index (χ1n) is 6.25. The zero-order chi connectivity index (χ0) is 13.4. The van der Waals surface area contributed by atoms with Crippen LogP contribution in [0, 0.1) is 0 Å². The summed E-state index contributed by atoms with van der Waals surface area (Å²) in [6.45, 7) is 4.39. The number of nitrogens with one attached hydrogen (secondary N) is 1. The third-order valence-electron chi connectivity index (χ3n) is 2.77. The Hall–Kier alpha value is -1.00. The highest BCUT2D eigenvalue weighted by Gasteiger charge is 2.08. The first-order chi connectivity index (χ1) is 8.67. The van der Waals surface area contributed by atoms with E-state index in [9.17, 15) is 4.79 Å². The van der Waals surface area contributed by atoms with Crippen molar-refractivity contribution < 1.29 is 4.79 Å². The van der Waals surface area contributed by atoms with E-state index in [2.05, 4.69) is 35.8 Å². The molecule has 1 aromatic carbocycles. The smallest absolute Gasteiger partial charge is 0.223 e. The third-order valence-corrected chi connectivity index (χ3v) is 3.51. The highest BCUT2D eigenvalue weighted by molar-refractivity contribution is 7.98. The molecule has 0 aliphatic carbocycles. The first kappa shape index (κ1) is 15.1. The van der Waals surface area contributed by atoms with Gasteiger partial charge in [-0.1, -0.05) is 19.1 Å². The van der Waals surface area contributed by atoms with E-state index in [0.717, 1.165) is 13.1 Å². The van der Waals surface area contributed by atoms with Gasteiger partial charge in [0.1, 0.15) is 0 Å². The van der Waals surface area contributed by atoms with E-state index in [-0.39, 0.29) is 5.91 Å². The van der Waals surface area contributed by atoms with Gasteiger partial charge in [-0.2, -0.15) is 0 Å². The van der Waals surface area contributed by atoms with E-state index >= 15 is 0 Å². The van der Waals surface area contributed by atoms with Gasteiger partial charge in [0.2, 0.25) is 5.91 Å². The third kappa shape index (κ3) is 5.10. The largest absolute Gasteiger partial charge is 0.341 e. The van der Waals surface area contributed by atoms with Gasteiger partial charge in [0.15, 0.2) is 0 Å². The highest BCUT2D eigenvalue weighted by atomic mass is 32.2. The van der Waals surface area contributed by atoms with Gasteiger partial charge in [-0.05, 0) is 30.5 Å². The second-order valence-corrected chi connectivity index (χ2v) is 5.08. The molecule has 0 atom stereocenters. The molecule has 1 N–H and O–H groups in total. The highest BCUT2D eigenvalue weighted by Crippen LogP contribution is 2.15. The molecule has 1 rings (SSSR count). The Morgan fingerprint density at radius 3 is 2.56 bits per heavy atom. The average molecular weight is 266 g/mol. The van der Waals surface area contributed by atoms with E-state index in [1.807, 2.05) is 14.0 Å². The standard InChI is InChI=1S/C14H22N2OS/c1-4-15-10-9-14(17)16(2)11-12-5-7-13(18-3)8-6-12/h5-8,15H,4,9-11H2,1-3H3. The maximum Gasteiger partial charge on any atom is 0.223 e. The number of thioether (sulfide) groups is 1. The quantitative estimate of drug-likeness (QED) is 0.607. The maximum absolute atomic E-state index is 11.8. The van der Waals surface area contributed by atoms with Gasteiger partial charge in [0.05, 0.1) is 0 Å². The minimum absolute atomic E-state index is 0.185. The predicted molar refractivity (Wildman–Crippen MR) is 77.9 cm³/mol. The molecule has 0 heterocycles. The van der Waals surface area contributed by atoms with E-state index < -0.39 is 0 Å². The Labute approximate surface area is 114 Å². The molecule has 0 fully saturated rings. The van der Waals surface area contributed by atoms with Crippen LogP contribution >= 0.6 is 11.8 Å². The summed E-state index contributed by atoms with van der Waals surface area (Å²) in [6, 6.07) is 8.35. The summed E-state index contributed by atoms with van der Waals surface area (Å²) in [5, 5.41) is 3.16. The van der Waals surface area contributed by atoms with E-state index in [1.165, 1.54) is 10.5 Å². The lowest BCUT2D eigenvalue weighted by Gasteiger charge is -2.17. The lowest BCUT2D eigenvalue weighted by Crippen LogP contribution is -2.29. The fraction of sp³-hybridized carbons (Fsp3) is 0.500. The van der Waals surface area contributed by atoms with E-state index in [0.29, 0.717) is 13.0 Å². The van der Waals surface area contributed by atoms with Crippen LogP contribution in [0.4, 0.5) is 0 Å². The summed E-state index contributed by atoms with van der Waals surface area (Å²) in [5.41, 5.74) is 1.17. The molecule has 1 aromatic rings. The maximum atomic E-state index is 11.8. The van der Waals surface area contributed by atoms with E-state index in [4.69, 9.17) is 0 Å². The van der Waals surface area contributed by atoms with Crippen molar-refractivity contribution in [3.8, 4) is 0 Å². The van der Waals surface area contributed by atoms with Gasteiger partial charge < -0.3 is 10.2 Å². The number of carbonyl (C=O) groups is 1. The number of rotatable bonds is 7. The summed E-state index contributed by atoms with van der Waals surface area (Å²) in [6.07, 6.45) is 2.62. The zero-order valence-electron chi connectivity index (χ0n) is 11.4. The van der Waals surface area contributed by atoms with Crippen LogP contribution in [0.1, 0.15) is 18.9 Å². The van der Waals surface area contributed by atoms with Crippen LogP contribution in [0.2, 0.25) is 0 Å². The second kappa shape index (κ2) is 8.16. The van der Waals surface area contributed by atoms with Crippen molar-refractivity contribution in [3.05, 3.63) is 29.8 Å². The van der Waals surface area contributed by atoms with Crippen molar-refractivity contribution in [2.45, 2.75) is 24.8 Å². The molecule has 3 nitrogen and oxygen atoms in total. The molecule has 0 aliphatic rings. The molecule has 100 valence electrons. The minimum atomic E-state index is 0.185. The lowest BCUT2D eigenvalue weighted by atomic mass is 10.2. The van der Waals surface area contributed by atoms with Crippen LogP contribution in [0.15, 0.2) is 29.2 Å². The Bertz CT molecular complexity index is 365. The van der Waals surface area contributed by atoms with Crippen LogP contribution in [0.3, 0.4) is 0 Å². The molecule has 0 aromatic heterocycles. The Kier molecular flexibility index (Phi) is 6.83. The Morgan fingerprint density at radius 1 is 1.33 bits per heavy atom.